The van der Waals surface area contributed by atoms with Gasteiger partial charge in [-0.05, 0) is 69.8 Å². The molecule has 1 aliphatic rings. The van der Waals surface area contributed by atoms with E-state index in [0.717, 1.165) is 32.4 Å². The fraction of sp³-hybridized carbons (Fsp3) is 0.611. The summed E-state index contributed by atoms with van der Waals surface area (Å²) in [6, 6.07) is 6.27. The maximum atomic E-state index is 12.3. The summed E-state index contributed by atoms with van der Waals surface area (Å²) in [6.45, 7) is 5.79. The second kappa shape index (κ2) is 10.9. The van der Waals surface area contributed by atoms with E-state index in [1.54, 1.807) is 12.1 Å². The normalized spacial score (nSPS) is 16.5. The second-order valence-corrected chi connectivity index (χ2v) is 8.45. The van der Waals surface area contributed by atoms with Gasteiger partial charge in [-0.25, -0.2) is 13.1 Å². The highest BCUT2D eigenvalue weighted by Gasteiger charge is 2.18. The van der Waals surface area contributed by atoms with Crippen LogP contribution in [0.3, 0.4) is 0 Å². The summed E-state index contributed by atoms with van der Waals surface area (Å²) >= 11 is 0. The first-order valence-electron chi connectivity index (χ1n) is 9.03. The van der Waals surface area contributed by atoms with Crippen LogP contribution in [-0.2, 0) is 14.8 Å². The molecule has 0 radical (unpaired) electrons. The van der Waals surface area contributed by atoms with Crippen LogP contribution in [0.2, 0.25) is 0 Å². The number of piperidine rings is 1. The summed E-state index contributed by atoms with van der Waals surface area (Å²) in [5.41, 5.74) is 0.516. The first kappa shape index (κ1) is 22.9. The molecule has 26 heavy (non-hydrogen) atoms. The smallest absolute Gasteiger partial charge is 0.240 e. The van der Waals surface area contributed by atoms with E-state index >= 15 is 0 Å². The summed E-state index contributed by atoms with van der Waals surface area (Å²) < 4.78 is 27.3. The van der Waals surface area contributed by atoms with E-state index in [4.69, 9.17) is 0 Å². The van der Waals surface area contributed by atoms with Crippen LogP contribution >= 0.6 is 12.4 Å². The molecule has 6 nitrogen and oxygen atoms in total. The number of sulfonamides is 1. The van der Waals surface area contributed by atoms with Crippen molar-refractivity contribution in [2.45, 2.75) is 56.9 Å². The molecular formula is C18H30ClN3O3S. The molecule has 0 spiro atoms. The molecule has 2 rings (SSSR count). The summed E-state index contributed by atoms with van der Waals surface area (Å²) in [4.78, 5) is 12.3. The van der Waals surface area contributed by atoms with E-state index in [9.17, 15) is 13.2 Å². The molecule has 0 aromatic heterocycles. The molecule has 1 heterocycles. The van der Waals surface area contributed by atoms with E-state index in [-0.39, 0.29) is 29.3 Å². The largest absolute Gasteiger partial charge is 0.326 e. The van der Waals surface area contributed by atoms with E-state index in [1.165, 1.54) is 12.1 Å². The number of nitrogens with one attached hydrogen (secondary N) is 3. The van der Waals surface area contributed by atoms with Crippen LogP contribution in [0.15, 0.2) is 29.2 Å². The van der Waals surface area contributed by atoms with Crippen molar-refractivity contribution in [2.75, 3.05) is 18.4 Å². The predicted octanol–water partition coefficient (Wildman–Crippen LogP) is 2.90. The quantitative estimate of drug-likeness (QED) is 0.622. The standard InChI is InChI=1S/C18H29N3O3S.ClH/c1-3-14(2)21-25(23,24)17-6-4-5-16(13-17)20-18(22)8-7-15-9-11-19-12-10-15;/h4-6,13-15,19,21H,3,7-12H2,1-2H3,(H,20,22);1H. The molecule has 3 N–H and O–H groups in total. The lowest BCUT2D eigenvalue weighted by Gasteiger charge is -2.22. The van der Waals surface area contributed by atoms with Crippen LogP contribution < -0.4 is 15.4 Å². The SMILES string of the molecule is CCC(C)NS(=O)(=O)c1cccc(NC(=O)CCC2CCNCC2)c1.Cl. The molecule has 0 bridgehead atoms. The number of amides is 1. The zero-order valence-electron chi connectivity index (χ0n) is 15.5. The first-order chi connectivity index (χ1) is 11.9. The lowest BCUT2D eigenvalue weighted by molar-refractivity contribution is -0.116. The van der Waals surface area contributed by atoms with Crippen molar-refractivity contribution in [1.82, 2.24) is 10.0 Å². The Kier molecular flexibility index (Phi) is 9.57. The van der Waals surface area contributed by atoms with Crippen molar-refractivity contribution in [2.24, 2.45) is 5.92 Å². The van der Waals surface area contributed by atoms with E-state index < -0.39 is 10.0 Å². The number of benzene rings is 1. The molecule has 148 valence electrons. The number of rotatable bonds is 8. The second-order valence-electron chi connectivity index (χ2n) is 6.74. The van der Waals surface area contributed by atoms with Crippen molar-refractivity contribution in [3.63, 3.8) is 0 Å². The summed E-state index contributed by atoms with van der Waals surface area (Å²) in [5.74, 6) is 0.529. The molecular weight excluding hydrogens is 374 g/mol. The fourth-order valence-corrected chi connectivity index (χ4v) is 4.26. The van der Waals surface area contributed by atoms with Gasteiger partial charge in [-0.1, -0.05) is 13.0 Å². The van der Waals surface area contributed by atoms with Gasteiger partial charge in [0, 0.05) is 18.2 Å². The van der Waals surface area contributed by atoms with Crippen molar-refractivity contribution < 1.29 is 13.2 Å². The van der Waals surface area contributed by atoms with E-state index in [0.29, 0.717) is 24.4 Å². The summed E-state index contributed by atoms with van der Waals surface area (Å²) in [7, 11) is -3.57. The van der Waals surface area contributed by atoms with Crippen LogP contribution in [0.1, 0.15) is 46.0 Å². The third-order valence-electron chi connectivity index (χ3n) is 4.64. The summed E-state index contributed by atoms with van der Waals surface area (Å²) in [5, 5.41) is 6.13. The lowest BCUT2D eigenvalue weighted by Crippen LogP contribution is -2.32. The van der Waals surface area contributed by atoms with Crippen molar-refractivity contribution in [3.05, 3.63) is 24.3 Å². The van der Waals surface area contributed by atoms with E-state index in [2.05, 4.69) is 15.4 Å². The highest BCUT2D eigenvalue weighted by molar-refractivity contribution is 7.89. The van der Waals surface area contributed by atoms with Gasteiger partial charge in [0.25, 0.3) is 0 Å². The predicted molar refractivity (Wildman–Crippen MR) is 107 cm³/mol. The molecule has 1 atom stereocenters. The number of anilines is 1. The van der Waals surface area contributed by atoms with Gasteiger partial charge in [0.15, 0.2) is 0 Å². The van der Waals surface area contributed by atoms with E-state index in [1.807, 2.05) is 13.8 Å². The lowest BCUT2D eigenvalue weighted by atomic mass is 9.93. The Labute approximate surface area is 163 Å². The average Bonchev–Trinajstić information content (AvgIpc) is 2.60. The number of carbonyl (C=O) groups excluding carboxylic acids is 1. The Morgan fingerprint density at radius 3 is 2.65 bits per heavy atom. The number of hydrogen-bond acceptors (Lipinski definition) is 4. The fourth-order valence-electron chi connectivity index (χ4n) is 2.89. The minimum Gasteiger partial charge on any atom is -0.326 e. The van der Waals surface area contributed by atoms with Gasteiger partial charge >= 0.3 is 0 Å². The number of halogens is 1. The zero-order valence-corrected chi connectivity index (χ0v) is 17.1. The molecule has 0 aliphatic carbocycles. The molecule has 8 heteroatoms. The Bertz CT molecular complexity index is 676. The Morgan fingerprint density at radius 1 is 1.31 bits per heavy atom. The minimum atomic E-state index is -3.57. The molecule has 1 aromatic rings. The van der Waals surface area contributed by atoms with Gasteiger partial charge in [-0.3, -0.25) is 4.79 Å². The third kappa shape index (κ3) is 7.23. The number of hydrogen-bond donors (Lipinski definition) is 3. The molecule has 1 aliphatic heterocycles. The van der Waals surface area contributed by atoms with Crippen molar-refractivity contribution in [3.8, 4) is 0 Å². The highest BCUT2D eigenvalue weighted by Crippen LogP contribution is 2.19. The van der Waals surface area contributed by atoms with Gasteiger partial charge in [-0.15, -0.1) is 12.4 Å². The Balaban J connectivity index is 0.00000338. The highest BCUT2D eigenvalue weighted by atomic mass is 35.5. The first-order valence-corrected chi connectivity index (χ1v) is 10.5. The van der Waals surface area contributed by atoms with Gasteiger partial charge in [0.1, 0.15) is 0 Å². The van der Waals surface area contributed by atoms with Crippen LogP contribution in [-0.4, -0.2) is 33.5 Å². The van der Waals surface area contributed by atoms with Crippen molar-refractivity contribution in [1.29, 1.82) is 0 Å². The van der Waals surface area contributed by atoms with Crippen LogP contribution in [0.5, 0.6) is 0 Å². The number of carbonyl (C=O) groups is 1. The van der Waals surface area contributed by atoms with Crippen LogP contribution in [0.25, 0.3) is 0 Å². The molecule has 1 amide bonds. The topological polar surface area (TPSA) is 87.3 Å². The third-order valence-corrected chi connectivity index (χ3v) is 6.22. The van der Waals surface area contributed by atoms with Gasteiger partial charge in [-0.2, -0.15) is 0 Å². The molecule has 0 saturated carbocycles. The maximum absolute atomic E-state index is 12.3. The summed E-state index contributed by atoms with van der Waals surface area (Å²) in [6.07, 6.45) is 4.28. The molecule has 1 aromatic carbocycles. The minimum absolute atomic E-state index is 0. The zero-order chi connectivity index (χ0) is 18.3. The maximum Gasteiger partial charge on any atom is 0.240 e. The van der Waals surface area contributed by atoms with Gasteiger partial charge < -0.3 is 10.6 Å². The average molecular weight is 404 g/mol. The molecule has 1 saturated heterocycles. The van der Waals surface area contributed by atoms with Crippen LogP contribution in [0.4, 0.5) is 5.69 Å². The monoisotopic (exact) mass is 403 g/mol. The van der Waals surface area contributed by atoms with Crippen LogP contribution in [0, 0.1) is 5.92 Å². The Morgan fingerprint density at radius 2 is 2.00 bits per heavy atom. The van der Waals surface area contributed by atoms with Gasteiger partial charge in [0.05, 0.1) is 4.90 Å². The molecule has 1 unspecified atom stereocenters. The molecule has 1 fully saturated rings. The van der Waals surface area contributed by atoms with Crippen molar-refractivity contribution >= 4 is 34.0 Å². The van der Waals surface area contributed by atoms with Gasteiger partial charge in [0.2, 0.25) is 15.9 Å². The Hall–Kier alpha value is -1.15.